The summed E-state index contributed by atoms with van der Waals surface area (Å²) < 4.78 is 0. The van der Waals surface area contributed by atoms with E-state index in [2.05, 4.69) is 0 Å². The lowest BCUT2D eigenvalue weighted by atomic mass is 9.93. The predicted molar refractivity (Wildman–Crippen MR) is 96.3 cm³/mol. The van der Waals surface area contributed by atoms with Gasteiger partial charge in [-0.25, -0.2) is 0 Å². The fraction of sp³-hybridized carbons (Fsp3) is 0.143. The van der Waals surface area contributed by atoms with Gasteiger partial charge in [-0.3, -0.25) is 0 Å². The average Bonchev–Trinajstić information content (AvgIpc) is 2.59. The fourth-order valence-corrected chi connectivity index (χ4v) is 2.90. The molecule has 0 bridgehead atoms. The van der Waals surface area contributed by atoms with Gasteiger partial charge in [0.1, 0.15) is 23.0 Å². The van der Waals surface area contributed by atoms with Crippen LogP contribution in [-0.4, -0.2) is 20.4 Å². The Morgan fingerprint density at radius 3 is 1.56 bits per heavy atom. The summed E-state index contributed by atoms with van der Waals surface area (Å²) >= 11 is 0. The number of benzene rings is 3. The smallest absolute Gasteiger partial charge is 0.126 e. The maximum atomic E-state index is 10.7. The van der Waals surface area contributed by atoms with Crippen LogP contribution < -0.4 is 0 Å². The largest absolute Gasteiger partial charge is 0.508 e. The molecule has 0 unspecified atom stereocenters. The fourth-order valence-electron chi connectivity index (χ4n) is 2.90. The average molecular weight is 336 g/mol. The minimum absolute atomic E-state index is 0.0533. The molecular formula is C21H20O4. The number of aromatic hydroxyl groups is 4. The summed E-state index contributed by atoms with van der Waals surface area (Å²) in [5.41, 5.74) is 3.85. The van der Waals surface area contributed by atoms with E-state index in [4.69, 9.17) is 0 Å². The molecule has 0 saturated heterocycles. The van der Waals surface area contributed by atoms with E-state index in [1.807, 2.05) is 6.92 Å². The second-order valence-electron chi connectivity index (χ2n) is 6.20. The summed E-state index contributed by atoms with van der Waals surface area (Å²) in [6.07, 6.45) is 0.863. The Kier molecular flexibility index (Phi) is 4.52. The molecule has 4 heteroatoms. The second kappa shape index (κ2) is 6.77. The van der Waals surface area contributed by atoms with E-state index in [0.29, 0.717) is 18.4 Å². The normalized spacial score (nSPS) is 10.8. The molecule has 0 aromatic heterocycles. The molecule has 3 aromatic carbocycles. The second-order valence-corrected chi connectivity index (χ2v) is 6.20. The van der Waals surface area contributed by atoms with E-state index in [0.717, 1.165) is 22.3 Å². The van der Waals surface area contributed by atoms with Gasteiger partial charge in [0.15, 0.2) is 0 Å². The van der Waals surface area contributed by atoms with Crippen LogP contribution in [0.4, 0.5) is 0 Å². The molecule has 4 N–H and O–H groups in total. The zero-order valence-electron chi connectivity index (χ0n) is 13.9. The zero-order chi connectivity index (χ0) is 18.0. The third kappa shape index (κ3) is 3.69. The molecule has 0 saturated carbocycles. The molecule has 0 atom stereocenters. The van der Waals surface area contributed by atoms with Gasteiger partial charge in [-0.1, -0.05) is 24.3 Å². The highest BCUT2D eigenvalue weighted by Crippen LogP contribution is 2.36. The van der Waals surface area contributed by atoms with Gasteiger partial charge in [0, 0.05) is 24.0 Å². The summed E-state index contributed by atoms with van der Waals surface area (Å²) in [6, 6.07) is 15.2. The van der Waals surface area contributed by atoms with Gasteiger partial charge in [0.05, 0.1) is 0 Å². The number of phenolic OH excluding ortho intramolecular Hbond substituents is 4. The summed E-state index contributed by atoms with van der Waals surface area (Å²) in [7, 11) is 0. The molecule has 0 heterocycles. The lowest BCUT2D eigenvalue weighted by Gasteiger charge is -2.15. The highest BCUT2D eigenvalue weighted by Gasteiger charge is 2.16. The highest BCUT2D eigenvalue weighted by atomic mass is 16.3. The summed E-state index contributed by atoms with van der Waals surface area (Å²) in [5, 5.41) is 39.8. The van der Waals surface area contributed by atoms with Crippen LogP contribution in [0.3, 0.4) is 0 Å². The standard InChI is InChI=1S/C21H20O4/c1-13-10-20(24)19(12-15-4-8-17(23)9-5-15)21(25)18(13)11-14-2-6-16(22)7-3-14/h2-10,22-25H,11-12H2,1H3. The Hall–Kier alpha value is -3.14. The molecule has 128 valence electrons. The Balaban J connectivity index is 1.96. The van der Waals surface area contributed by atoms with Gasteiger partial charge in [-0.2, -0.15) is 0 Å². The molecule has 0 amide bonds. The zero-order valence-corrected chi connectivity index (χ0v) is 13.9. The molecule has 3 rings (SSSR count). The summed E-state index contributed by atoms with van der Waals surface area (Å²) in [5.74, 6) is 0.508. The van der Waals surface area contributed by atoms with Crippen LogP contribution in [0, 0.1) is 6.92 Å². The third-order valence-corrected chi connectivity index (χ3v) is 4.34. The molecule has 0 aliphatic carbocycles. The van der Waals surface area contributed by atoms with Crippen molar-refractivity contribution >= 4 is 0 Å². The Labute approximate surface area is 146 Å². The predicted octanol–water partition coefficient (Wildman–Crippen LogP) is 4.00. The van der Waals surface area contributed by atoms with Gasteiger partial charge in [0.2, 0.25) is 0 Å². The Morgan fingerprint density at radius 2 is 1.08 bits per heavy atom. The summed E-state index contributed by atoms with van der Waals surface area (Å²) in [6.45, 7) is 1.85. The summed E-state index contributed by atoms with van der Waals surface area (Å²) in [4.78, 5) is 0. The van der Waals surface area contributed by atoms with Crippen molar-refractivity contribution in [1.29, 1.82) is 0 Å². The molecule has 0 fully saturated rings. The number of hydrogen-bond donors (Lipinski definition) is 4. The van der Waals surface area contributed by atoms with E-state index in [9.17, 15) is 20.4 Å². The molecule has 0 radical (unpaired) electrons. The van der Waals surface area contributed by atoms with Crippen molar-refractivity contribution in [1.82, 2.24) is 0 Å². The third-order valence-electron chi connectivity index (χ3n) is 4.34. The van der Waals surface area contributed by atoms with E-state index < -0.39 is 0 Å². The molecule has 3 aromatic rings. The van der Waals surface area contributed by atoms with Crippen molar-refractivity contribution in [3.8, 4) is 23.0 Å². The Bertz CT molecular complexity index is 810. The van der Waals surface area contributed by atoms with Crippen molar-refractivity contribution in [3.05, 3.63) is 82.4 Å². The van der Waals surface area contributed by atoms with Crippen LogP contribution in [0.5, 0.6) is 23.0 Å². The lowest BCUT2D eigenvalue weighted by Crippen LogP contribution is -1.98. The topological polar surface area (TPSA) is 80.9 Å². The van der Waals surface area contributed by atoms with Crippen LogP contribution in [0.25, 0.3) is 0 Å². The van der Waals surface area contributed by atoms with Crippen LogP contribution in [0.15, 0.2) is 54.6 Å². The first-order chi connectivity index (χ1) is 11.9. The van der Waals surface area contributed by atoms with Crippen molar-refractivity contribution in [2.75, 3.05) is 0 Å². The monoisotopic (exact) mass is 336 g/mol. The number of hydrogen-bond acceptors (Lipinski definition) is 4. The van der Waals surface area contributed by atoms with Crippen LogP contribution in [0.1, 0.15) is 27.8 Å². The van der Waals surface area contributed by atoms with E-state index in [1.165, 1.54) is 0 Å². The van der Waals surface area contributed by atoms with Gasteiger partial charge in [0.25, 0.3) is 0 Å². The van der Waals surface area contributed by atoms with Gasteiger partial charge in [-0.15, -0.1) is 0 Å². The van der Waals surface area contributed by atoms with Crippen molar-refractivity contribution in [3.63, 3.8) is 0 Å². The first-order valence-corrected chi connectivity index (χ1v) is 8.03. The van der Waals surface area contributed by atoms with Gasteiger partial charge in [-0.05, 0) is 53.9 Å². The first-order valence-electron chi connectivity index (χ1n) is 8.03. The molecule has 4 nitrogen and oxygen atoms in total. The van der Waals surface area contributed by atoms with Gasteiger partial charge >= 0.3 is 0 Å². The maximum absolute atomic E-state index is 10.7. The minimum atomic E-state index is 0.0533. The number of aryl methyl sites for hydroxylation is 1. The van der Waals surface area contributed by atoms with Crippen LogP contribution >= 0.6 is 0 Å². The lowest BCUT2D eigenvalue weighted by molar-refractivity contribution is 0.436. The highest BCUT2D eigenvalue weighted by molar-refractivity contribution is 5.55. The maximum Gasteiger partial charge on any atom is 0.126 e. The van der Waals surface area contributed by atoms with E-state index >= 15 is 0 Å². The van der Waals surface area contributed by atoms with E-state index in [-0.39, 0.29) is 23.0 Å². The van der Waals surface area contributed by atoms with Crippen molar-refractivity contribution < 1.29 is 20.4 Å². The molecule has 25 heavy (non-hydrogen) atoms. The quantitative estimate of drug-likeness (QED) is 0.580. The Morgan fingerprint density at radius 1 is 0.640 bits per heavy atom. The van der Waals surface area contributed by atoms with Crippen molar-refractivity contribution in [2.24, 2.45) is 0 Å². The first kappa shape index (κ1) is 16.7. The van der Waals surface area contributed by atoms with Crippen LogP contribution in [0.2, 0.25) is 0 Å². The molecule has 0 aliphatic rings. The molecule has 0 aliphatic heterocycles. The SMILES string of the molecule is Cc1cc(O)c(Cc2ccc(O)cc2)c(O)c1Cc1ccc(O)cc1. The van der Waals surface area contributed by atoms with Crippen molar-refractivity contribution in [2.45, 2.75) is 19.8 Å². The number of rotatable bonds is 4. The number of phenols is 4. The minimum Gasteiger partial charge on any atom is -0.508 e. The van der Waals surface area contributed by atoms with Gasteiger partial charge < -0.3 is 20.4 Å². The molecule has 0 spiro atoms. The van der Waals surface area contributed by atoms with Crippen LogP contribution in [-0.2, 0) is 12.8 Å². The molecular weight excluding hydrogens is 316 g/mol. The van der Waals surface area contributed by atoms with E-state index in [1.54, 1.807) is 54.6 Å².